The number of methoxy groups -OCH3 is 1. The SMILES string of the molecule is COc1cc(C(=O)Nc2ccc(Cc3nc4ccccc4s3)cc2)cc(Cl)c1OCC(N)=O. The van der Waals surface area contributed by atoms with Gasteiger partial charge in [0.25, 0.3) is 11.8 Å². The van der Waals surface area contributed by atoms with E-state index in [1.165, 1.54) is 19.2 Å². The van der Waals surface area contributed by atoms with E-state index in [-0.39, 0.29) is 34.6 Å². The number of aromatic nitrogens is 1. The maximum atomic E-state index is 12.7. The molecular formula is C24H20ClN3O4S. The molecule has 0 aliphatic carbocycles. The van der Waals surface area contributed by atoms with Crippen LogP contribution in [-0.4, -0.2) is 30.5 Å². The van der Waals surface area contributed by atoms with Gasteiger partial charge in [-0.15, -0.1) is 11.3 Å². The first-order valence-corrected chi connectivity index (χ1v) is 11.2. The van der Waals surface area contributed by atoms with Gasteiger partial charge in [0, 0.05) is 17.7 Å². The molecule has 0 saturated heterocycles. The Hall–Kier alpha value is -3.62. The van der Waals surface area contributed by atoms with Gasteiger partial charge >= 0.3 is 0 Å². The van der Waals surface area contributed by atoms with E-state index < -0.39 is 5.91 Å². The highest BCUT2D eigenvalue weighted by Crippen LogP contribution is 2.36. The second-order valence-corrected chi connectivity index (χ2v) is 8.67. The molecule has 0 fully saturated rings. The average molecular weight is 482 g/mol. The van der Waals surface area contributed by atoms with E-state index in [4.69, 9.17) is 26.8 Å². The number of rotatable bonds is 8. The number of halogens is 1. The molecule has 168 valence electrons. The Morgan fingerprint density at radius 2 is 1.88 bits per heavy atom. The number of carbonyl (C=O) groups excluding carboxylic acids is 2. The molecule has 4 aromatic rings. The molecule has 0 atom stereocenters. The fraction of sp³-hybridized carbons (Fsp3) is 0.125. The van der Waals surface area contributed by atoms with E-state index in [0.29, 0.717) is 12.1 Å². The summed E-state index contributed by atoms with van der Waals surface area (Å²) < 4.78 is 11.7. The van der Waals surface area contributed by atoms with Crippen LogP contribution in [-0.2, 0) is 11.2 Å². The van der Waals surface area contributed by atoms with Gasteiger partial charge in [0.15, 0.2) is 18.1 Å². The van der Waals surface area contributed by atoms with Gasteiger partial charge in [-0.2, -0.15) is 0 Å². The Kier molecular flexibility index (Phi) is 6.76. The Labute approximate surface area is 199 Å². The highest BCUT2D eigenvalue weighted by Gasteiger charge is 2.17. The van der Waals surface area contributed by atoms with Gasteiger partial charge in [-0.25, -0.2) is 4.98 Å². The zero-order chi connectivity index (χ0) is 23.4. The molecule has 33 heavy (non-hydrogen) atoms. The Morgan fingerprint density at radius 1 is 1.12 bits per heavy atom. The normalized spacial score (nSPS) is 10.7. The third kappa shape index (κ3) is 5.42. The lowest BCUT2D eigenvalue weighted by Gasteiger charge is -2.13. The summed E-state index contributed by atoms with van der Waals surface area (Å²) in [5.41, 5.74) is 8.11. The number of nitrogens with zero attached hydrogens (tertiary/aromatic N) is 1. The summed E-state index contributed by atoms with van der Waals surface area (Å²) in [6.07, 6.45) is 0.715. The van der Waals surface area contributed by atoms with Crippen molar-refractivity contribution in [3.63, 3.8) is 0 Å². The van der Waals surface area contributed by atoms with Crippen LogP contribution >= 0.6 is 22.9 Å². The third-order valence-corrected chi connectivity index (χ3v) is 6.07. The second-order valence-electron chi connectivity index (χ2n) is 7.15. The molecule has 4 rings (SSSR count). The molecule has 3 N–H and O–H groups in total. The number of nitrogens with two attached hydrogens (primary N) is 1. The minimum absolute atomic E-state index is 0.131. The maximum absolute atomic E-state index is 12.7. The molecule has 0 aliphatic rings. The molecule has 1 aromatic heterocycles. The highest BCUT2D eigenvalue weighted by molar-refractivity contribution is 7.18. The van der Waals surface area contributed by atoms with E-state index >= 15 is 0 Å². The van der Waals surface area contributed by atoms with E-state index in [1.54, 1.807) is 11.3 Å². The standard InChI is InChI=1S/C24H20ClN3O4S/c1-31-19-12-15(11-17(25)23(19)32-13-21(26)29)24(30)27-16-8-6-14(7-9-16)10-22-28-18-4-2-3-5-20(18)33-22/h2-9,11-12H,10,13H2,1H3,(H2,26,29)(H,27,30). The van der Waals surface area contributed by atoms with Gasteiger partial charge < -0.3 is 20.5 Å². The first kappa shape index (κ1) is 22.6. The number of ether oxygens (including phenoxy) is 2. The number of nitrogens with one attached hydrogen (secondary N) is 1. The molecule has 0 unspecified atom stereocenters. The van der Waals surface area contributed by atoms with Crippen LogP contribution < -0.4 is 20.5 Å². The summed E-state index contributed by atoms with van der Waals surface area (Å²) in [5.74, 6) is -0.647. The summed E-state index contributed by atoms with van der Waals surface area (Å²) in [6.45, 7) is -0.356. The van der Waals surface area contributed by atoms with Crippen molar-refractivity contribution in [3.8, 4) is 11.5 Å². The number of carbonyl (C=O) groups is 2. The quantitative estimate of drug-likeness (QED) is 0.380. The molecule has 0 saturated carbocycles. The highest BCUT2D eigenvalue weighted by atomic mass is 35.5. The first-order valence-electron chi connectivity index (χ1n) is 9.96. The van der Waals surface area contributed by atoms with Crippen molar-refractivity contribution in [2.24, 2.45) is 5.73 Å². The van der Waals surface area contributed by atoms with Crippen LogP contribution in [0.1, 0.15) is 20.9 Å². The van der Waals surface area contributed by atoms with Crippen molar-refractivity contribution in [3.05, 3.63) is 81.8 Å². The minimum atomic E-state index is -0.651. The topological polar surface area (TPSA) is 104 Å². The van der Waals surface area contributed by atoms with Gasteiger partial charge in [-0.1, -0.05) is 35.9 Å². The molecular weight excluding hydrogens is 462 g/mol. The smallest absolute Gasteiger partial charge is 0.255 e. The van der Waals surface area contributed by atoms with Crippen LogP contribution in [0, 0.1) is 0 Å². The predicted octanol–water partition coefficient (Wildman–Crippen LogP) is 4.67. The summed E-state index contributed by atoms with van der Waals surface area (Å²) in [4.78, 5) is 28.4. The van der Waals surface area contributed by atoms with Crippen molar-refractivity contribution in [1.82, 2.24) is 4.98 Å². The lowest BCUT2D eigenvalue weighted by Crippen LogP contribution is -2.20. The largest absolute Gasteiger partial charge is 0.493 e. The van der Waals surface area contributed by atoms with Gasteiger partial charge in [0.05, 0.1) is 27.4 Å². The monoisotopic (exact) mass is 481 g/mol. The number of benzene rings is 3. The Bertz CT molecular complexity index is 1290. The number of hydrogen-bond donors (Lipinski definition) is 2. The van der Waals surface area contributed by atoms with Crippen LogP contribution in [0.2, 0.25) is 5.02 Å². The molecule has 3 aromatic carbocycles. The molecule has 0 bridgehead atoms. The van der Waals surface area contributed by atoms with Crippen molar-refractivity contribution in [2.75, 3.05) is 19.0 Å². The summed E-state index contributed by atoms with van der Waals surface area (Å²) in [5, 5.41) is 4.00. The fourth-order valence-electron chi connectivity index (χ4n) is 3.21. The Balaban J connectivity index is 1.44. The predicted molar refractivity (Wildman–Crippen MR) is 130 cm³/mol. The zero-order valence-electron chi connectivity index (χ0n) is 17.6. The molecule has 0 radical (unpaired) electrons. The lowest BCUT2D eigenvalue weighted by molar-refractivity contribution is -0.119. The first-order chi connectivity index (χ1) is 15.9. The summed E-state index contributed by atoms with van der Waals surface area (Å²) in [7, 11) is 1.41. The summed E-state index contributed by atoms with van der Waals surface area (Å²) >= 11 is 7.90. The molecule has 2 amide bonds. The fourth-order valence-corrected chi connectivity index (χ4v) is 4.48. The van der Waals surface area contributed by atoms with Crippen LogP contribution in [0.3, 0.4) is 0 Å². The molecule has 7 nitrogen and oxygen atoms in total. The van der Waals surface area contributed by atoms with E-state index in [9.17, 15) is 9.59 Å². The molecule has 0 spiro atoms. The summed E-state index contributed by atoms with van der Waals surface area (Å²) in [6, 6.07) is 18.6. The van der Waals surface area contributed by atoms with E-state index in [0.717, 1.165) is 20.8 Å². The van der Waals surface area contributed by atoms with Crippen molar-refractivity contribution in [1.29, 1.82) is 0 Å². The number of para-hydroxylation sites is 1. The average Bonchev–Trinajstić information content (AvgIpc) is 3.21. The van der Waals surface area contributed by atoms with Crippen LogP contribution in [0.5, 0.6) is 11.5 Å². The minimum Gasteiger partial charge on any atom is -0.493 e. The number of primary amides is 1. The van der Waals surface area contributed by atoms with Gasteiger partial charge in [0.2, 0.25) is 0 Å². The van der Waals surface area contributed by atoms with Gasteiger partial charge in [-0.05, 0) is 42.0 Å². The number of hydrogen-bond acceptors (Lipinski definition) is 6. The molecule has 9 heteroatoms. The number of amides is 2. The lowest BCUT2D eigenvalue weighted by atomic mass is 10.1. The van der Waals surface area contributed by atoms with Crippen LogP contribution in [0.4, 0.5) is 5.69 Å². The number of fused-ring (bicyclic) bond motifs is 1. The number of thiazole rings is 1. The second kappa shape index (κ2) is 9.89. The molecule has 0 aliphatic heterocycles. The van der Waals surface area contributed by atoms with Crippen LogP contribution in [0.25, 0.3) is 10.2 Å². The third-order valence-electron chi connectivity index (χ3n) is 4.76. The van der Waals surface area contributed by atoms with Crippen molar-refractivity contribution >= 4 is 50.7 Å². The molecule has 1 heterocycles. The van der Waals surface area contributed by atoms with E-state index in [1.807, 2.05) is 42.5 Å². The number of anilines is 1. The zero-order valence-corrected chi connectivity index (χ0v) is 19.2. The maximum Gasteiger partial charge on any atom is 0.255 e. The van der Waals surface area contributed by atoms with Gasteiger partial charge in [-0.3, -0.25) is 9.59 Å². The van der Waals surface area contributed by atoms with Crippen LogP contribution in [0.15, 0.2) is 60.7 Å². The Morgan fingerprint density at radius 3 is 2.58 bits per heavy atom. The van der Waals surface area contributed by atoms with Gasteiger partial charge in [0.1, 0.15) is 0 Å². The van der Waals surface area contributed by atoms with Crippen molar-refractivity contribution in [2.45, 2.75) is 6.42 Å². The van der Waals surface area contributed by atoms with E-state index in [2.05, 4.69) is 16.4 Å². The van der Waals surface area contributed by atoms with Crippen molar-refractivity contribution < 1.29 is 19.1 Å².